The van der Waals surface area contributed by atoms with Crippen molar-refractivity contribution < 1.29 is 14.1 Å². The van der Waals surface area contributed by atoms with E-state index in [4.69, 9.17) is 4.42 Å². The van der Waals surface area contributed by atoms with Gasteiger partial charge in [0.15, 0.2) is 0 Å². The van der Waals surface area contributed by atoms with E-state index in [1.54, 1.807) is 24.3 Å². The Bertz CT molecular complexity index is 926. The smallest absolute Gasteiger partial charge is 0.281 e. The molecule has 0 radical (unpaired) electrons. The highest BCUT2D eigenvalue weighted by Crippen LogP contribution is 2.28. The van der Waals surface area contributed by atoms with Gasteiger partial charge in [-0.15, -0.1) is 11.3 Å². The van der Waals surface area contributed by atoms with Gasteiger partial charge in [0.25, 0.3) is 11.6 Å². The molecule has 8 heteroatoms. The van der Waals surface area contributed by atoms with E-state index < -0.39 is 4.92 Å². The molecule has 0 aliphatic heterocycles. The standard InChI is InChI=1S/C15H11N3O4S/c1-9-2-4-12(22-9)8-16-17-15(19)14-7-10-6-11(18(20)21)3-5-13(10)23-14/h2-8H,1H3,(H,17,19)/b16-8+. The number of benzene rings is 1. The normalized spacial score (nSPS) is 11.2. The summed E-state index contributed by atoms with van der Waals surface area (Å²) in [4.78, 5) is 22.8. The van der Waals surface area contributed by atoms with E-state index in [-0.39, 0.29) is 11.6 Å². The molecule has 0 unspecified atom stereocenters. The van der Waals surface area contributed by atoms with Gasteiger partial charge in [-0.1, -0.05) is 0 Å². The number of hydrazone groups is 1. The van der Waals surface area contributed by atoms with E-state index in [2.05, 4.69) is 10.5 Å². The van der Waals surface area contributed by atoms with Gasteiger partial charge in [0.05, 0.1) is 16.0 Å². The van der Waals surface area contributed by atoms with Crippen LogP contribution in [0.4, 0.5) is 5.69 Å². The van der Waals surface area contributed by atoms with Crippen molar-refractivity contribution >= 4 is 39.2 Å². The number of hydrogen-bond donors (Lipinski definition) is 1. The Morgan fingerprint density at radius 1 is 1.35 bits per heavy atom. The Morgan fingerprint density at radius 3 is 2.87 bits per heavy atom. The minimum atomic E-state index is -0.466. The molecule has 1 aromatic carbocycles. The second kappa shape index (κ2) is 6.01. The molecule has 3 rings (SSSR count). The Morgan fingerprint density at radius 2 is 2.17 bits per heavy atom. The van der Waals surface area contributed by atoms with Crippen LogP contribution in [0.1, 0.15) is 21.2 Å². The van der Waals surface area contributed by atoms with Crippen LogP contribution >= 0.6 is 11.3 Å². The first kappa shape index (κ1) is 14.9. The van der Waals surface area contributed by atoms with Gasteiger partial charge in [-0.05, 0) is 31.2 Å². The van der Waals surface area contributed by atoms with Crippen molar-refractivity contribution in [1.82, 2.24) is 5.43 Å². The number of carbonyl (C=O) groups is 1. The second-order valence-corrected chi connectivity index (χ2v) is 5.82. The summed E-state index contributed by atoms with van der Waals surface area (Å²) in [5.74, 6) is 0.909. The molecule has 7 nitrogen and oxygen atoms in total. The molecule has 0 atom stereocenters. The highest BCUT2D eigenvalue weighted by molar-refractivity contribution is 7.20. The fourth-order valence-electron chi connectivity index (χ4n) is 1.99. The zero-order valence-electron chi connectivity index (χ0n) is 12.0. The average Bonchev–Trinajstić information content (AvgIpc) is 3.12. The number of fused-ring (bicyclic) bond motifs is 1. The first-order valence-corrected chi connectivity index (χ1v) is 7.42. The number of nitro benzene ring substituents is 1. The van der Waals surface area contributed by atoms with Gasteiger partial charge in [0, 0.05) is 22.2 Å². The topological polar surface area (TPSA) is 97.7 Å². The van der Waals surface area contributed by atoms with Crippen LogP contribution in [0.2, 0.25) is 0 Å². The summed E-state index contributed by atoms with van der Waals surface area (Å²) in [6.45, 7) is 1.81. The zero-order valence-corrected chi connectivity index (χ0v) is 12.8. The molecule has 0 saturated carbocycles. The van der Waals surface area contributed by atoms with E-state index in [1.165, 1.54) is 29.7 Å². The van der Waals surface area contributed by atoms with E-state index in [0.29, 0.717) is 16.0 Å². The number of nitrogens with one attached hydrogen (secondary N) is 1. The van der Waals surface area contributed by atoms with Gasteiger partial charge in [0.2, 0.25) is 0 Å². The molecule has 2 aromatic heterocycles. The Hall–Kier alpha value is -3.00. The molecule has 0 spiro atoms. The number of furan rings is 1. The summed E-state index contributed by atoms with van der Waals surface area (Å²) in [6.07, 6.45) is 1.41. The van der Waals surface area contributed by atoms with Crippen LogP contribution in [0.25, 0.3) is 10.1 Å². The molecule has 116 valence electrons. The number of nitrogens with zero attached hydrogens (tertiary/aromatic N) is 2. The maximum atomic E-state index is 12.0. The van der Waals surface area contributed by atoms with Crippen LogP contribution in [-0.4, -0.2) is 17.0 Å². The third-order valence-corrected chi connectivity index (χ3v) is 4.17. The summed E-state index contributed by atoms with van der Waals surface area (Å²) in [7, 11) is 0. The van der Waals surface area contributed by atoms with E-state index in [1.807, 2.05) is 6.92 Å². The number of aryl methyl sites for hydroxylation is 1. The molecule has 3 aromatic rings. The molecule has 0 fully saturated rings. The van der Waals surface area contributed by atoms with Crippen molar-refractivity contribution in [2.45, 2.75) is 6.92 Å². The second-order valence-electron chi connectivity index (χ2n) is 4.74. The quantitative estimate of drug-likeness (QED) is 0.450. The van der Waals surface area contributed by atoms with Gasteiger partial charge in [0.1, 0.15) is 11.5 Å². The SMILES string of the molecule is Cc1ccc(/C=N/NC(=O)c2cc3cc([N+](=O)[O-])ccc3s2)o1. The molecule has 0 aliphatic carbocycles. The van der Waals surface area contributed by atoms with Crippen LogP contribution in [0, 0.1) is 17.0 Å². The zero-order chi connectivity index (χ0) is 16.4. The Labute approximate surface area is 134 Å². The average molecular weight is 329 g/mol. The first-order chi connectivity index (χ1) is 11.0. The van der Waals surface area contributed by atoms with Gasteiger partial charge in [-0.25, -0.2) is 5.43 Å². The van der Waals surface area contributed by atoms with Gasteiger partial charge < -0.3 is 4.42 Å². The molecule has 1 amide bonds. The lowest BCUT2D eigenvalue weighted by Gasteiger charge is -1.94. The highest BCUT2D eigenvalue weighted by atomic mass is 32.1. The first-order valence-electron chi connectivity index (χ1n) is 6.61. The van der Waals surface area contributed by atoms with E-state index >= 15 is 0 Å². The molecular formula is C15H11N3O4S. The van der Waals surface area contributed by atoms with Crippen molar-refractivity contribution in [2.75, 3.05) is 0 Å². The number of non-ortho nitro benzene ring substituents is 1. The van der Waals surface area contributed by atoms with Crippen LogP contribution in [0.3, 0.4) is 0 Å². The molecule has 0 bridgehead atoms. The van der Waals surface area contributed by atoms with Crippen molar-refractivity contribution in [3.8, 4) is 0 Å². The van der Waals surface area contributed by atoms with Gasteiger partial charge >= 0.3 is 0 Å². The Kier molecular flexibility index (Phi) is 3.90. The monoisotopic (exact) mass is 329 g/mol. The maximum Gasteiger partial charge on any atom is 0.281 e. The van der Waals surface area contributed by atoms with Gasteiger partial charge in [-0.3, -0.25) is 14.9 Å². The summed E-state index contributed by atoms with van der Waals surface area (Å²) in [6, 6.07) is 9.62. The van der Waals surface area contributed by atoms with Crippen molar-refractivity contribution in [2.24, 2.45) is 5.10 Å². The van der Waals surface area contributed by atoms with E-state index in [0.717, 1.165) is 10.5 Å². The third-order valence-electron chi connectivity index (χ3n) is 3.05. The lowest BCUT2D eigenvalue weighted by atomic mass is 10.2. The predicted molar refractivity (Wildman–Crippen MR) is 87.0 cm³/mol. The number of nitro groups is 1. The predicted octanol–water partition coefficient (Wildman–Crippen LogP) is 3.47. The molecule has 1 N–H and O–H groups in total. The van der Waals surface area contributed by atoms with Crippen molar-refractivity contribution in [3.05, 3.63) is 62.9 Å². The lowest BCUT2D eigenvalue weighted by molar-refractivity contribution is -0.384. The maximum absolute atomic E-state index is 12.0. The molecule has 0 saturated heterocycles. The number of carbonyl (C=O) groups excluding carboxylic acids is 1. The fourth-order valence-corrected chi connectivity index (χ4v) is 2.92. The molecule has 2 heterocycles. The fraction of sp³-hybridized carbons (Fsp3) is 0.0667. The van der Waals surface area contributed by atoms with E-state index in [9.17, 15) is 14.9 Å². The minimum Gasteiger partial charge on any atom is -0.460 e. The molecular weight excluding hydrogens is 318 g/mol. The minimum absolute atomic E-state index is 0.00605. The number of hydrogen-bond acceptors (Lipinski definition) is 6. The summed E-state index contributed by atoms with van der Waals surface area (Å²) in [5.41, 5.74) is 2.40. The molecule has 0 aliphatic rings. The Balaban J connectivity index is 1.75. The highest BCUT2D eigenvalue weighted by Gasteiger charge is 2.12. The summed E-state index contributed by atoms with van der Waals surface area (Å²) >= 11 is 1.24. The van der Waals surface area contributed by atoms with Crippen molar-refractivity contribution in [1.29, 1.82) is 0 Å². The molecule has 23 heavy (non-hydrogen) atoms. The van der Waals surface area contributed by atoms with Crippen LogP contribution in [-0.2, 0) is 0 Å². The number of rotatable bonds is 4. The largest absolute Gasteiger partial charge is 0.460 e. The number of amides is 1. The summed E-state index contributed by atoms with van der Waals surface area (Å²) in [5, 5.41) is 15.2. The van der Waals surface area contributed by atoms with Crippen molar-refractivity contribution in [3.63, 3.8) is 0 Å². The summed E-state index contributed by atoms with van der Waals surface area (Å²) < 4.78 is 6.09. The van der Waals surface area contributed by atoms with Crippen LogP contribution in [0.5, 0.6) is 0 Å². The third kappa shape index (κ3) is 3.27. The van der Waals surface area contributed by atoms with Crippen LogP contribution < -0.4 is 5.43 Å². The number of thiophene rings is 1. The van der Waals surface area contributed by atoms with Crippen LogP contribution in [0.15, 0.2) is 45.9 Å². The lowest BCUT2D eigenvalue weighted by Crippen LogP contribution is -2.15. The van der Waals surface area contributed by atoms with Gasteiger partial charge in [-0.2, -0.15) is 5.10 Å².